The minimum atomic E-state index is 0.386. The molecule has 2 aromatic heterocycles. The molecule has 0 aromatic carbocycles. The molecule has 4 nitrogen and oxygen atoms in total. The first-order valence-corrected chi connectivity index (χ1v) is 6.30. The summed E-state index contributed by atoms with van der Waals surface area (Å²) in [5.74, 6) is 6.43. The second-order valence-electron chi connectivity index (χ2n) is 4.53. The number of nitrogens with two attached hydrogens (primary N) is 1. The van der Waals surface area contributed by atoms with Gasteiger partial charge in [0.1, 0.15) is 11.2 Å². The van der Waals surface area contributed by atoms with Gasteiger partial charge in [-0.05, 0) is 30.7 Å². The molecule has 1 aliphatic carbocycles. The van der Waals surface area contributed by atoms with Gasteiger partial charge in [0.15, 0.2) is 5.49 Å². The third kappa shape index (κ3) is 1.28. The number of aryl methyl sites for hydroxylation is 1. The Labute approximate surface area is 97.2 Å². The number of thiophene rings is 1. The summed E-state index contributed by atoms with van der Waals surface area (Å²) in [4.78, 5) is 6.68. The number of hydrogen-bond donors (Lipinski definition) is 2. The van der Waals surface area contributed by atoms with Crippen LogP contribution in [-0.2, 0) is 12.8 Å². The van der Waals surface area contributed by atoms with E-state index in [-0.39, 0.29) is 0 Å². The Hall–Kier alpha value is -1.36. The van der Waals surface area contributed by atoms with Crippen LogP contribution < -0.4 is 11.3 Å². The molecule has 0 unspecified atom stereocenters. The Morgan fingerprint density at radius 2 is 2.44 bits per heavy atom. The number of nitrogen functional groups attached to an aromatic ring is 1. The molecular formula is C11H14N4S. The van der Waals surface area contributed by atoms with Crippen LogP contribution in [0.15, 0.2) is 6.33 Å². The number of rotatable bonds is 0. The molecule has 5 heteroatoms. The average Bonchev–Trinajstić information content (AvgIpc) is 2.61. The van der Waals surface area contributed by atoms with E-state index in [4.69, 9.17) is 11.3 Å². The molecule has 2 aromatic rings. The monoisotopic (exact) mass is 234 g/mol. The van der Waals surface area contributed by atoms with Crippen molar-refractivity contribution in [2.75, 3.05) is 5.84 Å². The summed E-state index contributed by atoms with van der Waals surface area (Å²) in [5.41, 5.74) is 1.70. The quantitative estimate of drug-likeness (QED) is 0.677. The van der Waals surface area contributed by atoms with Gasteiger partial charge in [-0.2, -0.15) is 0 Å². The lowest BCUT2D eigenvalue weighted by Crippen LogP contribution is -2.27. The van der Waals surface area contributed by atoms with E-state index in [0.717, 1.165) is 29.0 Å². The molecule has 3 N–H and O–H groups in total. The molecule has 0 bridgehead atoms. The van der Waals surface area contributed by atoms with Crippen molar-refractivity contribution in [3.8, 4) is 0 Å². The summed E-state index contributed by atoms with van der Waals surface area (Å²) in [6.45, 7) is 2.28. The Bertz CT molecular complexity index is 610. The molecule has 1 aliphatic rings. The van der Waals surface area contributed by atoms with Gasteiger partial charge in [-0.3, -0.25) is 5.41 Å². The fraction of sp³-hybridized carbons (Fsp3) is 0.455. The zero-order valence-corrected chi connectivity index (χ0v) is 9.97. The minimum absolute atomic E-state index is 0.386. The van der Waals surface area contributed by atoms with E-state index in [1.165, 1.54) is 27.9 Å². The van der Waals surface area contributed by atoms with Crippen LogP contribution in [0.3, 0.4) is 0 Å². The van der Waals surface area contributed by atoms with E-state index in [1.807, 2.05) is 0 Å². The predicted molar refractivity (Wildman–Crippen MR) is 64.8 cm³/mol. The highest BCUT2D eigenvalue weighted by Crippen LogP contribution is 2.35. The number of nitrogens with one attached hydrogen (secondary N) is 1. The first kappa shape index (κ1) is 9.84. The van der Waals surface area contributed by atoms with Gasteiger partial charge in [0.05, 0.1) is 5.39 Å². The van der Waals surface area contributed by atoms with Crippen LogP contribution in [0.4, 0.5) is 0 Å². The van der Waals surface area contributed by atoms with Gasteiger partial charge in [0.25, 0.3) is 0 Å². The Morgan fingerprint density at radius 1 is 1.62 bits per heavy atom. The lowest BCUT2D eigenvalue weighted by atomic mass is 9.89. The Kier molecular flexibility index (Phi) is 2.04. The summed E-state index contributed by atoms with van der Waals surface area (Å²) in [7, 11) is 0. The predicted octanol–water partition coefficient (Wildman–Crippen LogP) is 1.42. The van der Waals surface area contributed by atoms with E-state index in [9.17, 15) is 0 Å². The Morgan fingerprint density at radius 3 is 3.25 bits per heavy atom. The van der Waals surface area contributed by atoms with Crippen molar-refractivity contribution >= 4 is 21.6 Å². The second kappa shape index (κ2) is 3.31. The molecule has 0 spiro atoms. The van der Waals surface area contributed by atoms with Crippen molar-refractivity contribution in [3.05, 3.63) is 22.3 Å². The molecule has 0 fully saturated rings. The van der Waals surface area contributed by atoms with Crippen molar-refractivity contribution in [2.24, 2.45) is 5.92 Å². The number of hydrogen-bond acceptors (Lipinski definition) is 4. The smallest absolute Gasteiger partial charge is 0.155 e. The second-order valence-corrected chi connectivity index (χ2v) is 5.62. The lowest BCUT2D eigenvalue weighted by molar-refractivity contribution is 0.509. The first-order valence-electron chi connectivity index (χ1n) is 5.48. The number of aromatic nitrogens is 2. The minimum Gasteiger partial charge on any atom is -0.336 e. The first-order chi connectivity index (χ1) is 7.66. The molecule has 0 saturated carbocycles. The van der Waals surface area contributed by atoms with E-state index >= 15 is 0 Å². The molecule has 0 aliphatic heterocycles. The van der Waals surface area contributed by atoms with Crippen LogP contribution in [0.25, 0.3) is 10.2 Å². The maximum atomic E-state index is 8.00. The molecular weight excluding hydrogens is 220 g/mol. The summed E-state index contributed by atoms with van der Waals surface area (Å²) in [6, 6.07) is 0. The summed E-state index contributed by atoms with van der Waals surface area (Å²) in [5, 5.41) is 8.97. The SMILES string of the molecule is C[C@H]1CCc2c(sc3ncn(N)c(=N)c23)C1. The Balaban J connectivity index is 2.35. The van der Waals surface area contributed by atoms with Crippen LogP contribution >= 0.6 is 11.3 Å². The highest BCUT2D eigenvalue weighted by atomic mass is 32.1. The summed E-state index contributed by atoms with van der Waals surface area (Å²) >= 11 is 1.73. The fourth-order valence-electron chi connectivity index (χ4n) is 2.37. The van der Waals surface area contributed by atoms with Crippen LogP contribution in [0.1, 0.15) is 23.8 Å². The van der Waals surface area contributed by atoms with Crippen molar-refractivity contribution in [1.29, 1.82) is 5.41 Å². The normalized spacial score (nSPS) is 19.9. The highest BCUT2D eigenvalue weighted by molar-refractivity contribution is 7.18. The summed E-state index contributed by atoms with van der Waals surface area (Å²) in [6.07, 6.45) is 4.92. The van der Waals surface area contributed by atoms with E-state index < -0.39 is 0 Å². The van der Waals surface area contributed by atoms with E-state index in [2.05, 4.69) is 11.9 Å². The average molecular weight is 234 g/mol. The standard InChI is InChI=1S/C11H14N4S/c1-6-2-3-7-8(4-6)16-11-9(7)10(12)15(13)5-14-11/h5-6,12H,2-4,13H2,1H3/t6-/m0/s1. The molecule has 2 heterocycles. The molecule has 0 radical (unpaired) electrons. The molecule has 0 saturated heterocycles. The maximum Gasteiger partial charge on any atom is 0.155 e. The van der Waals surface area contributed by atoms with Gasteiger partial charge in [-0.25, -0.2) is 9.66 Å². The van der Waals surface area contributed by atoms with Gasteiger partial charge in [-0.1, -0.05) is 6.92 Å². The fourth-order valence-corrected chi connectivity index (χ4v) is 3.72. The topological polar surface area (TPSA) is 67.7 Å². The third-order valence-electron chi connectivity index (χ3n) is 3.29. The van der Waals surface area contributed by atoms with Gasteiger partial charge in [0, 0.05) is 4.88 Å². The molecule has 3 rings (SSSR count). The molecule has 0 amide bonds. The van der Waals surface area contributed by atoms with E-state index in [1.54, 1.807) is 11.3 Å². The molecule has 1 atom stereocenters. The van der Waals surface area contributed by atoms with E-state index in [0.29, 0.717) is 5.49 Å². The van der Waals surface area contributed by atoms with Gasteiger partial charge in [0.2, 0.25) is 0 Å². The van der Waals surface area contributed by atoms with Crippen LogP contribution in [0.2, 0.25) is 0 Å². The highest BCUT2D eigenvalue weighted by Gasteiger charge is 2.21. The van der Waals surface area contributed by atoms with Crippen LogP contribution in [-0.4, -0.2) is 9.66 Å². The third-order valence-corrected chi connectivity index (χ3v) is 4.45. The van der Waals surface area contributed by atoms with Crippen LogP contribution in [0, 0.1) is 11.3 Å². The van der Waals surface area contributed by atoms with Crippen molar-refractivity contribution in [3.63, 3.8) is 0 Å². The van der Waals surface area contributed by atoms with Gasteiger partial charge in [-0.15, -0.1) is 11.3 Å². The van der Waals surface area contributed by atoms with Crippen molar-refractivity contribution < 1.29 is 0 Å². The van der Waals surface area contributed by atoms with Gasteiger partial charge >= 0.3 is 0 Å². The van der Waals surface area contributed by atoms with Crippen molar-refractivity contribution in [1.82, 2.24) is 9.66 Å². The van der Waals surface area contributed by atoms with Crippen molar-refractivity contribution in [2.45, 2.75) is 26.2 Å². The lowest BCUT2D eigenvalue weighted by Gasteiger charge is -2.17. The zero-order chi connectivity index (χ0) is 11.3. The van der Waals surface area contributed by atoms with Crippen LogP contribution in [0.5, 0.6) is 0 Å². The number of fused-ring (bicyclic) bond motifs is 3. The largest absolute Gasteiger partial charge is 0.336 e. The van der Waals surface area contributed by atoms with Gasteiger partial charge < -0.3 is 5.84 Å². The number of nitrogens with zero attached hydrogens (tertiary/aromatic N) is 2. The molecule has 84 valence electrons. The summed E-state index contributed by atoms with van der Waals surface area (Å²) < 4.78 is 1.30. The molecule has 16 heavy (non-hydrogen) atoms. The maximum absolute atomic E-state index is 8.00. The zero-order valence-electron chi connectivity index (χ0n) is 9.16.